The highest BCUT2D eigenvalue weighted by atomic mass is 16.2. The van der Waals surface area contributed by atoms with Gasteiger partial charge in [-0.25, -0.2) is 4.68 Å². The zero-order chi connectivity index (χ0) is 14.8. The van der Waals surface area contributed by atoms with Crippen LogP contribution >= 0.6 is 0 Å². The molecule has 3 rings (SSSR count). The van der Waals surface area contributed by atoms with Crippen LogP contribution in [-0.4, -0.2) is 21.7 Å². The van der Waals surface area contributed by atoms with E-state index in [1.165, 1.54) is 12.8 Å². The van der Waals surface area contributed by atoms with Crippen LogP contribution < -0.4 is 11.1 Å². The first kappa shape index (κ1) is 13.7. The lowest BCUT2D eigenvalue weighted by atomic mass is 10.1. The highest BCUT2D eigenvalue weighted by molar-refractivity contribution is 5.92. The molecule has 1 atom stereocenters. The van der Waals surface area contributed by atoms with E-state index in [4.69, 9.17) is 5.73 Å². The largest absolute Gasteiger partial charge is 0.397 e. The van der Waals surface area contributed by atoms with E-state index in [-0.39, 0.29) is 11.9 Å². The lowest BCUT2D eigenvalue weighted by Gasteiger charge is -2.12. The van der Waals surface area contributed by atoms with E-state index >= 15 is 0 Å². The fourth-order valence-electron chi connectivity index (χ4n) is 2.49. The summed E-state index contributed by atoms with van der Waals surface area (Å²) in [6.07, 6.45) is 5.40. The fourth-order valence-corrected chi connectivity index (χ4v) is 2.49. The molecule has 0 saturated heterocycles. The van der Waals surface area contributed by atoms with Crippen LogP contribution in [0.2, 0.25) is 0 Å². The molecule has 0 aliphatic heterocycles. The Kier molecular flexibility index (Phi) is 3.64. The Morgan fingerprint density at radius 3 is 2.90 bits per heavy atom. The van der Waals surface area contributed by atoms with Crippen molar-refractivity contribution in [2.75, 3.05) is 5.73 Å². The molecule has 1 fully saturated rings. The number of carbonyl (C=O) groups is 1. The zero-order valence-electron chi connectivity index (χ0n) is 12.1. The number of nitrogen functional groups attached to an aromatic ring is 1. The predicted octanol–water partition coefficient (Wildman–Crippen LogP) is 2.37. The molecule has 1 aromatic carbocycles. The second-order valence-corrected chi connectivity index (χ2v) is 5.76. The Morgan fingerprint density at radius 2 is 2.19 bits per heavy atom. The third-order valence-corrected chi connectivity index (χ3v) is 3.77. The smallest absolute Gasteiger partial charge is 0.271 e. The first-order valence-electron chi connectivity index (χ1n) is 7.35. The Bertz CT molecular complexity index is 645. The number of nitrogens with two attached hydrogens (primary N) is 1. The van der Waals surface area contributed by atoms with Gasteiger partial charge in [-0.15, -0.1) is 0 Å². The van der Waals surface area contributed by atoms with E-state index < -0.39 is 0 Å². The van der Waals surface area contributed by atoms with Crippen LogP contribution in [0.15, 0.2) is 36.5 Å². The molecule has 1 amide bonds. The van der Waals surface area contributed by atoms with Crippen molar-refractivity contribution in [1.29, 1.82) is 0 Å². The van der Waals surface area contributed by atoms with Crippen molar-refractivity contribution in [2.24, 2.45) is 5.92 Å². The monoisotopic (exact) mass is 284 g/mol. The van der Waals surface area contributed by atoms with Gasteiger partial charge in [0.15, 0.2) is 5.69 Å². The second kappa shape index (κ2) is 5.60. The summed E-state index contributed by atoms with van der Waals surface area (Å²) in [5.41, 5.74) is 7.75. The molecule has 0 radical (unpaired) electrons. The summed E-state index contributed by atoms with van der Waals surface area (Å²) < 4.78 is 1.63. The van der Waals surface area contributed by atoms with Gasteiger partial charge in [-0.1, -0.05) is 25.0 Å². The molecular formula is C16H20N4O. The van der Waals surface area contributed by atoms with Crippen molar-refractivity contribution in [3.8, 4) is 5.69 Å². The normalized spacial score (nSPS) is 15.7. The van der Waals surface area contributed by atoms with Gasteiger partial charge in [0.2, 0.25) is 0 Å². The Labute approximate surface area is 124 Å². The third kappa shape index (κ3) is 3.24. The number of carbonyl (C=O) groups excluding carboxylic acids is 1. The van der Waals surface area contributed by atoms with Crippen molar-refractivity contribution in [3.63, 3.8) is 0 Å². The molecule has 110 valence electrons. The maximum Gasteiger partial charge on any atom is 0.271 e. The van der Waals surface area contributed by atoms with Gasteiger partial charge in [0, 0.05) is 12.2 Å². The van der Waals surface area contributed by atoms with Crippen LogP contribution in [0, 0.1) is 5.92 Å². The summed E-state index contributed by atoms with van der Waals surface area (Å²) in [6, 6.07) is 9.36. The van der Waals surface area contributed by atoms with E-state index in [9.17, 15) is 4.79 Å². The standard InChI is InChI=1S/C16H20N4O/c1-11(10-12-6-7-12)18-16(21)14-8-9-20(19-14)15-5-3-2-4-13(15)17/h2-5,8-9,11-12H,6-7,10,17H2,1H3,(H,18,21). The van der Waals surface area contributed by atoms with Crippen LogP contribution in [-0.2, 0) is 0 Å². The Balaban J connectivity index is 1.69. The van der Waals surface area contributed by atoms with Crippen LogP contribution in [0.5, 0.6) is 0 Å². The summed E-state index contributed by atoms with van der Waals surface area (Å²) in [6.45, 7) is 2.04. The van der Waals surface area contributed by atoms with Gasteiger partial charge < -0.3 is 11.1 Å². The molecular weight excluding hydrogens is 264 g/mol. The maximum atomic E-state index is 12.2. The minimum Gasteiger partial charge on any atom is -0.397 e. The average Bonchev–Trinajstić information content (AvgIpc) is 3.12. The molecule has 2 aromatic rings. The SMILES string of the molecule is CC(CC1CC1)NC(=O)c1ccn(-c2ccccc2N)n1. The number of aromatic nitrogens is 2. The summed E-state index contributed by atoms with van der Waals surface area (Å²) >= 11 is 0. The fraction of sp³-hybridized carbons (Fsp3) is 0.375. The molecule has 1 aromatic heterocycles. The molecule has 1 heterocycles. The van der Waals surface area contributed by atoms with Crippen LogP contribution in [0.3, 0.4) is 0 Å². The number of anilines is 1. The minimum atomic E-state index is -0.128. The molecule has 1 unspecified atom stereocenters. The van der Waals surface area contributed by atoms with Gasteiger partial charge in [0.25, 0.3) is 5.91 Å². The van der Waals surface area contributed by atoms with Crippen molar-refractivity contribution in [1.82, 2.24) is 15.1 Å². The summed E-state index contributed by atoms with van der Waals surface area (Å²) in [4.78, 5) is 12.2. The summed E-state index contributed by atoms with van der Waals surface area (Å²) in [5, 5.41) is 7.31. The molecule has 1 aliphatic carbocycles. The van der Waals surface area contributed by atoms with Gasteiger partial charge in [-0.05, 0) is 37.5 Å². The number of hydrogen-bond donors (Lipinski definition) is 2. The molecule has 5 heteroatoms. The number of hydrogen-bond acceptors (Lipinski definition) is 3. The maximum absolute atomic E-state index is 12.2. The van der Waals surface area contributed by atoms with E-state index in [2.05, 4.69) is 10.4 Å². The Hall–Kier alpha value is -2.30. The number of rotatable bonds is 5. The molecule has 0 bridgehead atoms. The molecule has 5 nitrogen and oxygen atoms in total. The topological polar surface area (TPSA) is 72.9 Å². The summed E-state index contributed by atoms with van der Waals surface area (Å²) in [5.74, 6) is 0.665. The van der Waals surface area contributed by atoms with Gasteiger partial charge in [0.1, 0.15) is 0 Å². The number of nitrogens with zero attached hydrogens (tertiary/aromatic N) is 2. The van der Waals surface area contributed by atoms with Gasteiger partial charge >= 0.3 is 0 Å². The van der Waals surface area contributed by atoms with Gasteiger partial charge in [-0.3, -0.25) is 4.79 Å². The van der Waals surface area contributed by atoms with E-state index in [1.807, 2.05) is 31.2 Å². The number of para-hydroxylation sites is 2. The predicted molar refractivity (Wildman–Crippen MR) is 82.2 cm³/mol. The van der Waals surface area contributed by atoms with E-state index in [0.29, 0.717) is 11.4 Å². The Morgan fingerprint density at radius 1 is 1.43 bits per heavy atom. The third-order valence-electron chi connectivity index (χ3n) is 3.77. The van der Waals surface area contributed by atoms with E-state index in [1.54, 1.807) is 16.9 Å². The average molecular weight is 284 g/mol. The number of nitrogens with one attached hydrogen (secondary N) is 1. The molecule has 0 spiro atoms. The molecule has 21 heavy (non-hydrogen) atoms. The van der Waals surface area contributed by atoms with Crippen molar-refractivity contribution in [2.45, 2.75) is 32.2 Å². The molecule has 1 saturated carbocycles. The van der Waals surface area contributed by atoms with E-state index in [0.717, 1.165) is 18.0 Å². The van der Waals surface area contributed by atoms with Crippen molar-refractivity contribution >= 4 is 11.6 Å². The number of benzene rings is 1. The van der Waals surface area contributed by atoms with Gasteiger partial charge in [0.05, 0.1) is 11.4 Å². The highest BCUT2D eigenvalue weighted by Crippen LogP contribution is 2.33. The number of amides is 1. The van der Waals surface area contributed by atoms with Crippen LogP contribution in [0.25, 0.3) is 5.69 Å². The zero-order valence-corrected chi connectivity index (χ0v) is 12.1. The minimum absolute atomic E-state index is 0.128. The molecule has 3 N–H and O–H groups in total. The molecule has 1 aliphatic rings. The quantitative estimate of drug-likeness (QED) is 0.828. The first-order valence-corrected chi connectivity index (χ1v) is 7.35. The lowest BCUT2D eigenvalue weighted by Crippen LogP contribution is -2.33. The van der Waals surface area contributed by atoms with Gasteiger partial charge in [-0.2, -0.15) is 5.10 Å². The first-order chi connectivity index (χ1) is 10.1. The highest BCUT2D eigenvalue weighted by Gasteiger charge is 2.24. The second-order valence-electron chi connectivity index (χ2n) is 5.76. The van der Waals surface area contributed by atoms with Crippen molar-refractivity contribution in [3.05, 3.63) is 42.2 Å². The van der Waals surface area contributed by atoms with Crippen molar-refractivity contribution < 1.29 is 4.79 Å². The summed E-state index contributed by atoms with van der Waals surface area (Å²) in [7, 11) is 0. The van der Waals surface area contributed by atoms with Crippen LogP contribution in [0.1, 0.15) is 36.7 Å². The van der Waals surface area contributed by atoms with Crippen LogP contribution in [0.4, 0.5) is 5.69 Å². The lowest BCUT2D eigenvalue weighted by molar-refractivity contribution is 0.0932.